The first-order valence-corrected chi connectivity index (χ1v) is 6.37. The second-order valence-electron chi connectivity index (χ2n) is 5.80. The first kappa shape index (κ1) is 10.3. The van der Waals surface area contributed by atoms with E-state index >= 15 is 0 Å². The first-order chi connectivity index (χ1) is 7.59. The molecule has 3 nitrogen and oxygen atoms in total. The molecule has 2 saturated carbocycles. The van der Waals surface area contributed by atoms with Gasteiger partial charge >= 0.3 is 0 Å². The molecule has 2 aliphatic carbocycles. The third-order valence-electron chi connectivity index (χ3n) is 5.09. The smallest absolute Gasteiger partial charge is 0.220 e. The Kier molecular flexibility index (Phi) is 2.13. The van der Waals surface area contributed by atoms with Gasteiger partial charge in [0, 0.05) is 13.5 Å². The average molecular weight is 221 g/mol. The average Bonchev–Trinajstić information content (AvgIpc) is 2.87. The Bertz CT molecular complexity index is 352. The number of hydrogen-bond donors (Lipinski definition) is 0. The highest BCUT2D eigenvalue weighted by atomic mass is 16.2. The topological polar surface area (TPSA) is 37.4 Å². The van der Waals surface area contributed by atoms with Crippen molar-refractivity contribution in [2.75, 3.05) is 6.54 Å². The van der Waals surface area contributed by atoms with Gasteiger partial charge in [0.2, 0.25) is 5.91 Å². The van der Waals surface area contributed by atoms with Gasteiger partial charge in [0.05, 0.1) is 6.04 Å². The van der Waals surface area contributed by atoms with E-state index in [0.717, 1.165) is 12.5 Å². The summed E-state index contributed by atoms with van der Waals surface area (Å²) in [6.45, 7) is 4.08. The van der Waals surface area contributed by atoms with E-state index in [0.29, 0.717) is 17.8 Å². The molecule has 0 aromatic carbocycles. The van der Waals surface area contributed by atoms with Crippen molar-refractivity contribution in [3.8, 4) is 0 Å². The monoisotopic (exact) mass is 221 g/mol. The third-order valence-corrected chi connectivity index (χ3v) is 5.09. The Hall–Kier alpha value is -0.860. The SMILES string of the molecule is CC(=O)C1[C@H]2C3CCC(C3)[C@H]2CN1C(C)=O. The van der Waals surface area contributed by atoms with Crippen LogP contribution in [0.5, 0.6) is 0 Å². The molecule has 3 heteroatoms. The molecule has 3 aliphatic rings. The number of hydrogen-bond acceptors (Lipinski definition) is 2. The molecule has 0 N–H and O–H groups in total. The Labute approximate surface area is 96.2 Å². The summed E-state index contributed by atoms with van der Waals surface area (Å²) in [5.41, 5.74) is 0. The number of nitrogens with zero attached hydrogens (tertiary/aromatic N) is 1. The van der Waals surface area contributed by atoms with E-state index in [9.17, 15) is 9.59 Å². The van der Waals surface area contributed by atoms with Crippen LogP contribution in [-0.4, -0.2) is 29.2 Å². The third kappa shape index (κ3) is 1.20. The Morgan fingerprint density at radius 2 is 1.81 bits per heavy atom. The molecule has 2 bridgehead atoms. The Morgan fingerprint density at radius 3 is 2.44 bits per heavy atom. The van der Waals surface area contributed by atoms with Gasteiger partial charge in [0.1, 0.15) is 0 Å². The number of ketones is 1. The van der Waals surface area contributed by atoms with Crippen LogP contribution in [0.4, 0.5) is 0 Å². The Balaban J connectivity index is 1.93. The molecule has 3 rings (SSSR count). The molecule has 3 unspecified atom stereocenters. The highest BCUT2D eigenvalue weighted by molar-refractivity contribution is 5.88. The number of Topliss-reactive ketones (excluding diaryl/α,β-unsaturated/α-hetero) is 1. The molecule has 5 atom stereocenters. The van der Waals surface area contributed by atoms with Crippen LogP contribution < -0.4 is 0 Å². The van der Waals surface area contributed by atoms with Gasteiger partial charge < -0.3 is 4.90 Å². The van der Waals surface area contributed by atoms with Crippen molar-refractivity contribution in [3.63, 3.8) is 0 Å². The maximum atomic E-state index is 11.8. The van der Waals surface area contributed by atoms with Crippen LogP contribution in [0.25, 0.3) is 0 Å². The lowest BCUT2D eigenvalue weighted by Gasteiger charge is -2.28. The second kappa shape index (κ2) is 3.31. The molecule has 1 heterocycles. The normalized spacial score (nSPS) is 44.9. The molecule has 88 valence electrons. The van der Waals surface area contributed by atoms with Crippen LogP contribution in [0.1, 0.15) is 33.1 Å². The minimum atomic E-state index is -0.0993. The molecule has 0 radical (unpaired) electrons. The molecular weight excluding hydrogens is 202 g/mol. The fourth-order valence-corrected chi connectivity index (χ4v) is 4.58. The molecule has 0 aromatic heterocycles. The quantitative estimate of drug-likeness (QED) is 0.672. The minimum Gasteiger partial charge on any atom is -0.332 e. The van der Waals surface area contributed by atoms with Crippen molar-refractivity contribution >= 4 is 11.7 Å². The molecular formula is C13H19NO2. The van der Waals surface area contributed by atoms with Crippen LogP contribution in [0.15, 0.2) is 0 Å². The van der Waals surface area contributed by atoms with Crippen molar-refractivity contribution in [1.29, 1.82) is 0 Å². The van der Waals surface area contributed by atoms with E-state index in [1.54, 1.807) is 13.8 Å². The van der Waals surface area contributed by atoms with Crippen LogP contribution in [0.3, 0.4) is 0 Å². The van der Waals surface area contributed by atoms with Gasteiger partial charge in [-0.25, -0.2) is 0 Å². The molecule has 0 aromatic rings. The zero-order chi connectivity index (χ0) is 11.4. The zero-order valence-corrected chi connectivity index (χ0v) is 9.98. The fraction of sp³-hybridized carbons (Fsp3) is 0.846. The van der Waals surface area contributed by atoms with Crippen LogP contribution in [-0.2, 0) is 9.59 Å². The summed E-state index contributed by atoms with van der Waals surface area (Å²) in [6.07, 6.45) is 3.91. The molecule has 1 amide bonds. The summed E-state index contributed by atoms with van der Waals surface area (Å²) < 4.78 is 0. The standard InChI is InChI=1S/C13H19NO2/c1-7(15)13-12-10-4-3-9(5-10)11(12)6-14(13)8(2)16/h9-13H,3-6H2,1-2H3/t9?,10?,11-,12+,13?/m1/s1. The van der Waals surface area contributed by atoms with Crippen LogP contribution in [0.2, 0.25) is 0 Å². The Morgan fingerprint density at radius 1 is 1.12 bits per heavy atom. The van der Waals surface area contributed by atoms with E-state index in [4.69, 9.17) is 0 Å². The van der Waals surface area contributed by atoms with Crippen molar-refractivity contribution in [3.05, 3.63) is 0 Å². The molecule has 1 saturated heterocycles. The highest BCUT2D eigenvalue weighted by Crippen LogP contribution is 2.57. The summed E-state index contributed by atoms with van der Waals surface area (Å²) in [5, 5.41) is 0. The van der Waals surface area contributed by atoms with E-state index in [-0.39, 0.29) is 17.7 Å². The number of carbonyl (C=O) groups is 2. The van der Waals surface area contributed by atoms with E-state index in [2.05, 4.69) is 0 Å². The van der Waals surface area contributed by atoms with Crippen molar-refractivity contribution in [1.82, 2.24) is 4.90 Å². The van der Waals surface area contributed by atoms with Crippen molar-refractivity contribution in [2.45, 2.75) is 39.2 Å². The highest BCUT2D eigenvalue weighted by Gasteiger charge is 2.57. The molecule has 0 spiro atoms. The second-order valence-corrected chi connectivity index (χ2v) is 5.80. The lowest BCUT2D eigenvalue weighted by Crippen LogP contribution is -2.42. The van der Waals surface area contributed by atoms with E-state index < -0.39 is 0 Å². The van der Waals surface area contributed by atoms with Gasteiger partial charge in [-0.2, -0.15) is 0 Å². The predicted octanol–water partition coefficient (Wildman–Crippen LogP) is 1.47. The number of likely N-dealkylation sites (tertiary alicyclic amines) is 1. The van der Waals surface area contributed by atoms with E-state index in [1.807, 2.05) is 4.90 Å². The van der Waals surface area contributed by atoms with Gasteiger partial charge in [0.25, 0.3) is 0 Å². The number of fused-ring (bicyclic) bond motifs is 5. The van der Waals surface area contributed by atoms with Gasteiger partial charge in [-0.15, -0.1) is 0 Å². The minimum absolute atomic E-state index is 0.0778. The lowest BCUT2D eigenvalue weighted by molar-refractivity contribution is -0.136. The van der Waals surface area contributed by atoms with Crippen LogP contribution in [0, 0.1) is 23.7 Å². The fourth-order valence-electron chi connectivity index (χ4n) is 4.58. The van der Waals surface area contributed by atoms with Crippen molar-refractivity contribution < 1.29 is 9.59 Å². The summed E-state index contributed by atoms with van der Waals surface area (Å²) >= 11 is 0. The van der Waals surface area contributed by atoms with Gasteiger partial charge in [-0.05, 0) is 49.9 Å². The summed E-state index contributed by atoms with van der Waals surface area (Å²) in [7, 11) is 0. The lowest BCUT2D eigenvalue weighted by atomic mass is 9.77. The summed E-state index contributed by atoms with van der Waals surface area (Å²) in [4.78, 5) is 25.2. The van der Waals surface area contributed by atoms with Crippen molar-refractivity contribution in [2.24, 2.45) is 23.7 Å². The zero-order valence-electron chi connectivity index (χ0n) is 9.98. The maximum Gasteiger partial charge on any atom is 0.220 e. The van der Waals surface area contributed by atoms with Gasteiger partial charge in [0.15, 0.2) is 5.78 Å². The van der Waals surface area contributed by atoms with Crippen LogP contribution >= 0.6 is 0 Å². The summed E-state index contributed by atoms with van der Waals surface area (Å²) in [5.74, 6) is 2.88. The maximum absolute atomic E-state index is 11.8. The molecule has 1 aliphatic heterocycles. The molecule has 16 heavy (non-hydrogen) atoms. The number of carbonyl (C=O) groups excluding carboxylic acids is 2. The van der Waals surface area contributed by atoms with Gasteiger partial charge in [-0.3, -0.25) is 9.59 Å². The first-order valence-electron chi connectivity index (χ1n) is 6.37. The molecule has 3 fully saturated rings. The largest absolute Gasteiger partial charge is 0.332 e. The van der Waals surface area contributed by atoms with E-state index in [1.165, 1.54) is 19.3 Å². The van der Waals surface area contributed by atoms with Gasteiger partial charge in [-0.1, -0.05) is 0 Å². The summed E-state index contributed by atoms with van der Waals surface area (Å²) in [6, 6.07) is -0.0993. The predicted molar refractivity (Wildman–Crippen MR) is 59.7 cm³/mol. The number of rotatable bonds is 1. The number of amides is 1.